The molecule has 0 bridgehead atoms. The number of carbonyl (C=O) groups excluding carboxylic acids is 1. The lowest BCUT2D eigenvalue weighted by atomic mass is 10.1. The summed E-state index contributed by atoms with van der Waals surface area (Å²) in [7, 11) is 0. The summed E-state index contributed by atoms with van der Waals surface area (Å²) >= 11 is 0. The first kappa shape index (κ1) is 13.6. The lowest BCUT2D eigenvalue weighted by molar-refractivity contribution is -0.114. The molecule has 0 radical (unpaired) electrons. The van der Waals surface area contributed by atoms with Crippen LogP contribution in [0, 0.1) is 12.8 Å². The standard InChI is InChI=1S/C14H22N2O/c1-5-10(2)9-15-13-7-6-11(3)14(8-13)16-12(4)17/h6-8,10,15H,5,9H2,1-4H3,(H,16,17). The first-order chi connectivity index (χ1) is 8.02. The molecule has 1 aromatic carbocycles. The molecule has 0 aromatic heterocycles. The van der Waals surface area contributed by atoms with Crippen LogP contribution in [0.15, 0.2) is 18.2 Å². The molecule has 0 saturated carbocycles. The largest absolute Gasteiger partial charge is 0.385 e. The van der Waals surface area contributed by atoms with Crippen LogP contribution in [0.25, 0.3) is 0 Å². The molecule has 1 rings (SSSR count). The summed E-state index contributed by atoms with van der Waals surface area (Å²) in [6.07, 6.45) is 1.16. The molecule has 1 amide bonds. The molecule has 1 unspecified atom stereocenters. The van der Waals surface area contributed by atoms with Crippen LogP contribution in [0.3, 0.4) is 0 Å². The van der Waals surface area contributed by atoms with Crippen molar-refractivity contribution in [1.82, 2.24) is 0 Å². The molecular formula is C14H22N2O. The minimum Gasteiger partial charge on any atom is -0.385 e. The highest BCUT2D eigenvalue weighted by molar-refractivity contribution is 5.90. The Bertz CT molecular complexity index is 388. The summed E-state index contributed by atoms with van der Waals surface area (Å²) in [5.74, 6) is 0.618. The van der Waals surface area contributed by atoms with Crippen LogP contribution < -0.4 is 10.6 Å². The Morgan fingerprint density at radius 3 is 2.71 bits per heavy atom. The van der Waals surface area contributed by atoms with E-state index in [1.165, 1.54) is 6.92 Å². The summed E-state index contributed by atoms with van der Waals surface area (Å²) < 4.78 is 0. The Morgan fingerprint density at radius 1 is 1.41 bits per heavy atom. The zero-order chi connectivity index (χ0) is 12.8. The van der Waals surface area contributed by atoms with Gasteiger partial charge in [-0.2, -0.15) is 0 Å². The van der Waals surface area contributed by atoms with Crippen molar-refractivity contribution in [2.45, 2.75) is 34.1 Å². The van der Waals surface area contributed by atoms with E-state index in [1.807, 2.05) is 25.1 Å². The van der Waals surface area contributed by atoms with Crippen molar-refractivity contribution >= 4 is 17.3 Å². The Morgan fingerprint density at radius 2 is 2.12 bits per heavy atom. The van der Waals surface area contributed by atoms with E-state index in [0.717, 1.165) is 29.9 Å². The van der Waals surface area contributed by atoms with Gasteiger partial charge in [-0.3, -0.25) is 4.79 Å². The predicted octanol–water partition coefficient (Wildman–Crippen LogP) is 3.41. The fourth-order valence-electron chi connectivity index (χ4n) is 1.49. The third-order valence-corrected chi connectivity index (χ3v) is 2.90. The van der Waals surface area contributed by atoms with Gasteiger partial charge in [0.05, 0.1) is 0 Å². The molecule has 0 heterocycles. The predicted molar refractivity (Wildman–Crippen MR) is 73.4 cm³/mol. The smallest absolute Gasteiger partial charge is 0.221 e. The highest BCUT2D eigenvalue weighted by Gasteiger charge is 2.03. The van der Waals surface area contributed by atoms with Gasteiger partial charge in [-0.1, -0.05) is 26.3 Å². The van der Waals surface area contributed by atoms with E-state index in [1.54, 1.807) is 0 Å². The van der Waals surface area contributed by atoms with Crippen LogP contribution in [0.4, 0.5) is 11.4 Å². The van der Waals surface area contributed by atoms with Crippen molar-refractivity contribution < 1.29 is 4.79 Å². The molecule has 0 aliphatic carbocycles. The van der Waals surface area contributed by atoms with E-state index in [2.05, 4.69) is 24.5 Å². The SMILES string of the molecule is CCC(C)CNc1ccc(C)c(NC(C)=O)c1. The van der Waals surface area contributed by atoms with E-state index < -0.39 is 0 Å². The number of nitrogens with one attached hydrogen (secondary N) is 2. The zero-order valence-corrected chi connectivity index (χ0v) is 11.1. The molecule has 1 atom stereocenters. The van der Waals surface area contributed by atoms with Gasteiger partial charge in [0, 0.05) is 24.8 Å². The summed E-state index contributed by atoms with van der Waals surface area (Å²) in [6.45, 7) is 8.88. The van der Waals surface area contributed by atoms with Crippen molar-refractivity contribution in [1.29, 1.82) is 0 Å². The molecule has 0 spiro atoms. The van der Waals surface area contributed by atoms with Gasteiger partial charge < -0.3 is 10.6 Å². The summed E-state index contributed by atoms with van der Waals surface area (Å²) in [5.41, 5.74) is 3.01. The number of hydrogen-bond acceptors (Lipinski definition) is 2. The van der Waals surface area contributed by atoms with Crippen LogP contribution in [-0.4, -0.2) is 12.5 Å². The van der Waals surface area contributed by atoms with Crippen molar-refractivity contribution in [3.8, 4) is 0 Å². The van der Waals surface area contributed by atoms with Gasteiger partial charge in [0.25, 0.3) is 0 Å². The maximum Gasteiger partial charge on any atom is 0.221 e. The van der Waals surface area contributed by atoms with E-state index in [0.29, 0.717) is 5.92 Å². The zero-order valence-electron chi connectivity index (χ0n) is 11.1. The quantitative estimate of drug-likeness (QED) is 0.819. The normalized spacial score (nSPS) is 12.0. The third-order valence-electron chi connectivity index (χ3n) is 2.90. The molecule has 0 saturated heterocycles. The summed E-state index contributed by atoms with van der Waals surface area (Å²) in [5, 5.41) is 6.22. The summed E-state index contributed by atoms with van der Waals surface area (Å²) in [6, 6.07) is 6.05. The molecule has 3 nitrogen and oxygen atoms in total. The van der Waals surface area contributed by atoms with Gasteiger partial charge in [0.1, 0.15) is 0 Å². The Hall–Kier alpha value is -1.51. The number of anilines is 2. The minimum atomic E-state index is -0.0350. The van der Waals surface area contributed by atoms with Gasteiger partial charge in [0.2, 0.25) is 5.91 Å². The summed E-state index contributed by atoms with van der Waals surface area (Å²) in [4.78, 5) is 11.1. The van der Waals surface area contributed by atoms with Gasteiger partial charge in [0.15, 0.2) is 0 Å². The van der Waals surface area contributed by atoms with Crippen LogP contribution in [-0.2, 0) is 4.79 Å². The van der Waals surface area contributed by atoms with Crippen LogP contribution in [0.5, 0.6) is 0 Å². The second-order valence-corrected chi connectivity index (χ2v) is 4.61. The van der Waals surface area contributed by atoms with Crippen LogP contribution in [0.2, 0.25) is 0 Å². The lowest BCUT2D eigenvalue weighted by Gasteiger charge is -2.13. The highest BCUT2D eigenvalue weighted by Crippen LogP contribution is 2.20. The highest BCUT2D eigenvalue weighted by atomic mass is 16.1. The molecule has 1 aromatic rings. The molecule has 0 fully saturated rings. The molecule has 3 heteroatoms. The first-order valence-electron chi connectivity index (χ1n) is 6.15. The molecule has 0 aliphatic heterocycles. The third kappa shape index (κ3) is 4.47. The molecule has 17 heavy (non-hydrogen) atoms. The maximum absolute atomic E-state index is 11.1. The van der Waals surface area contributed by atoms with Crippen molar-refractivity contribution in [2.24, 2.45) is 5.92 Å². The van der Waals surface area contributed by atoms with Crippen molar-refractivity contribution in [2.75, 3.05) is 17.2 Å². The second kappa shape index (κ2) is 6.28. The Kier molecular flexibility index (Phi) is 5.01. The van der Waals surface area contributed by atoms with Crippen LogP contribution >= 0.6 is 0 Å². The van der Waals surface area contributed by atoms with E-state index >= 15 is 0 Å². The van der Waals surface area contributed by atoms with E-state index in [-0.39, 0.29) is 5.91 Å². The number of aryl methyl sites for hydroxylation is 1. The fraction of sp³-hybridized carbons (Fsp3) is 0.500. The second-order valence-electron chi connectivity index (χ2n) is 4.61. The number of amides is 1. The first-order valence-corrected chi connectivity index (χ1v) is 6.15. The van der Waals surface area contributed by atoms with Crippen LogP contribution in [0.1, 0.15) is 32.8 Å². The van der Waals surface area contributed by atoms with Crippen molar-refractivity contribution in [3.63, 3.8) is 0 Å². The van der Waals surface area contributed by atoms with Gasteiger partial charge in [-0.15, -0.1) is 0 Å². The molecule has 94 valence electrons. The Labute approximate surface area is 104 Å². The lowest BCUT2D eigenvalue weighted by Crippen LogP contribution is -2.11. The Balaban J connectivity index is 2.71. The van der Waals surface area contributed by atoms with Gasteiger partial charge >= 0.3 is 0 Å². The fourth-order valence-corrected chi connectivity index (χ4v) is 1.49. The van der Waals surface area contributed by atoms with Gasteiger partial charge in [-0.05, 0) is 30.5 Å². The van der Waals surface area contributed by atoms with E-state index in [9.17, 15) is 4.79 Å². The molecular weight excluding hydrogens is 212 g/mol. The average Bonchev–Trinajstić information content (AvgIpc) is 2.29. The number of carbonyl (C=O) groups is 1. The minimum absolute atomic E-state index is 0.0350. The van der Waals surface area contributed by atoms with E-state index in [4.69, 9.17) is 0 Å². The monoisotopic (exact) mass is 234 g/mol. The number of hydrogen-bond donors (Lipinski definition) is 2. The number of rotatable bonds is 5. The number of benzene rings is 1. The topological polar surface area (TPSA) is 41.1 Å². The van der Waals surface area contributed by atoms with Gasteiger partial charge in [-0.25, -0.2) is 0 Å². The average molecular weight is 234 g/mol. The molecule has 2 N–H and O–H groups in total. The van der Waals surface area contributed by atoms with Crippen molar-refractivity contribution in [3.05, 3.63) is 23.8 Å². The maximum atomic E-state index is 11.1. The molecule has 0 aliphatic rings.